The van der Waals surface area contributed by atoms with E-state index in [4.69, 9.17) is 10.2 Å². The molecule has 0 saturated carbocycles. The molecule has 1 atom stereocenters. The molecule has 0 rings (SSSR count). The first kappa shape index (κ1) is 9.64. The van der Waals surface area contributed by atoms with Gasteiger partial charge >= 0.3 is 5.97 Å². The molecule has 5 nitrogen and oxygen atoms in total. The molecular formula is C6H9NO4. The topological polar surface area (TPSA) is 86.6 Å². The summed E-state index contributed by atoms with van der Waals surface area (Å²) in [6.07, 6.45) is 0.936. The lowest BCUT2D eigenvalue weighted by Crippen LogP contribution is -2.42. The molecule has 0 aromatic carbocycles. The Balaban J connectivity index is 3.97. The van der Waals surface area contributed by atoms with Crippen molar-refractivity contribution in [1.82, 2.24) is 5.32 Å². The van der Waals surface area contributed by atoms with Gasteiger partial charge in [-0.15, -0.1) is 0 Å². The SMILES string of the molecule is C=CC(=O)N[C@@H](CO)C(=O)O. The van der Waals surface area contributed by atoms with E-state index in [1.807, 2.05) is 5.32 Å². The van der Waals surface area contributed by atoms with Crippen LogP contribution in [-0.2, 0) is 9.59 Å². The van der Waals surface area contributed by atoms with E-state index in [9.17, 15) is 9.59 Å². The van der Waals surface area contributed by atoms with Gasteiger partial charge in [0.05, 0.1) is 6.61 Å². The van der Waals surface area contributed by atoms with Gasteiger partial charge in [-0.2, -0.15) is 0 Å². The summed E-state index contributed by atoms with van der Waals surface area (Å²) >= 11 is 0. The lowest BCUT2D eigenvalue weighted by atomic mass is 10.3. The van der Waals surface area contributed by atoms with Crippen molar-refractivity contribution in [1.29, 1.82) is 0 Å². The maximum Gasteiger partial charge on any atom is 0.328 e. The van der Waals surface area contributed by atoms with E-state index >= 15 is 0 Å². The Morgan fingerprint density at radius 1 is 1.64 bits per heavy atom. The zero-order valence-corrected chi connectivity index (χ0v) is 5.78. The van der Waals surface area contributed by atoms with Crippen molar-refractivity contribution < 1.29 is 19.8 Å². The van der Waals surface area contributed by atoms with Crippen LogP contribution in [0.4, 0.5) is 0 Å². The minimum absolute atomic E-state index is 0.619. The van der Waals surface area contributed by atoms with E-state index in [0.717, 1.165) is 6.08 Å². The molecule has 1 amide bonds. The molecule has 0 aromatic heterocycles. The molecule has 5 heteroatoms. The highest BCUT2D eigenvalue weighted by atomic mass is 16.4. The maximum atomic E-state index is 10.5. The Kier molecular flexibility index (Phi) is 3.90. The Morgan fingerprint density at radius 3 is 2.45 bits per heavy atom. The summed E-state index contributed by atoms with van der Waals surface area (Å²) in [5, 5.41) is 18.7. The van der Waals surface area contributed by atoms with Crippen molar-refractivity contribution in [2.75, 3.05) is 6.61 Å². The number of carboxylic acids is 1. The van der Waals surface area contributed by atoms with Gasteiger partial charge in [0.25, 0.3) is 0 Å². The van der Waals surface area contributed by atoms with Gasteiger partial charge in [-0.05, 0) is 6.08 Å². The lowest BCUT2D eigenvalue weighted by molar-refractivity contribution is -0.142. The smallest absolute Gasteiger partial charge is 0.328 e. The fourth-order valence-electron chi connectivity index (χ4n) is 0.416. The molecule has 0 aliphatic carbocycles. The normalized spacial score (nSPS) is 11.7. The van der Waals surface area contributed by atoms with Crippen LogP contribution in [0.5, 0.6) is 0 Å². The first-order valence-corrected chi connectivity index (χ1v) is 2.88. The fourth-order valence-corrected chi connectivity index (χ4v) is 0.416. The number of aliphatic carboxylic acids is 1. The third kappa shape index (κ3) is 3.36. The second-order valence-corrected chi connectivity index (χ2v) is 1.79. The van der Waals surface area contributed by atoms with Crippen molar-refractivity contribution in [3.8, 4) is 0 Å². The van der Waals surface area contributed by atoms with Crippen molar-refractivity contribution in [3.05, 3.63) is 12.7 Å². The van der Waals surface area contributed by atoms with E-state index in [1.54, 1.807) is 0 Å². The van der Waals surface area contributed by atoms with Crippen LogP contribution in [0.3, 0.4) is 0 Å². The zero-order chi connectivity index (χ0) is 8.85. The maximum absolute atomic E-state index is 10.5. The quantitative estimate of drug-likeness (QED) is 0.446. The second-order valence-electron chi connectivity index (χ2n) is 1.79. The summed E-state index contributed by atoms with van der Waals surface area (Å²) in [5.74, 6) is -1.89. The third-order valence-corrected chi connectivity index (χ3v) is 0.983. The second kappa shape index (κ2) is 4.45. The molecule has 0 aliphatic heterocycles. The Bertz CT molecular complexity index is 177. The summed E-state index contributed by atoms with van der Waals surface area (Å²) in [7, 11) is 0. The molecule has 0 unspecified atom stereocenters. The molecule has 62 valence electrons. The van der Waals surface area contributed by atoms with Crippen LogP contribution in [-0.4, -0.2) is 34.7 Å². The van der Waals surface area contributed by atoms with E-state index in [0.29, 0.717) is 0 Å². The first-order valence-electron chi connectivity index (χ1n) is 2.88. The van der Waals surface area contributed by atoms with Crippen molar-refractivity contribution in [3.63, 3.8) is 0 Å². The number of carbonyl (C=O) groups excluding carboxylic acids is 1. The van der Waals surface area contributed by atoms with Crippen LogP contribution in [0, 0.1) is 0 Å². The molecule has 0 bridgehead atoms. The predicted molar refractivity (Wildman–Crippen MR) is 36.8 cm³/mol. The molecule has 0 aromatic rings. The monoisotopic (exact) mass is 159 g/mol. The molecule has 11 heavy (non-hydrogen) atoms. The number of hydrogen-bond donors (Lipinski definition) is 3. The highest BCUT2D eigenvalue weighted by molar-refractivity contribution is 5.90. The van der Waals surface area contributed by atoms with E-state index in [2.05, 4.69) is 6.58 Å². The molecule has 3 N–H and O–H groups in total. The largest absolute Gasteiger partial charge is 0.480 e. The number of nitrogens with one attached hydrogen (secondary N) is 1. The minimum Gasteiger partial charge on any atom is -0.480 e. The summed E-state index contributed by atoms with van der Waals surface area (Å²) < 4.78 is 0. The van der Waals surface area contributed by atoms with Gasteiger partial charge in [-0.25, -0.2) is 4.79 Å². The molecule has 0 heterocycles. The van der Waals surface area contributed by atoms with Crippen LogP contribution in [0.15, 0.2) is 12.7 Å². The number of hydrogen-bond acceptors (Lipinski definition) is 3. The molecule has 0 spiro atoms. The van der Waals surface area contributed by atoms with Crippen LogP contribution >= 0.6 is 0 Å². The summed E-state index contributed by atoms with van der Waals surface area (Å²) in [4.78, 5) is 20.7. The number of amides is 1. The summed E-state index contributed by atoms with van der Waals surface area (Å²) in [5.41, 5.74) is 0. The van der Waals surface area contributed by atoms with Gasteiger partial charge in [0.2, 0.25) is 5.91 Å². The number of carboxylic acid groups (broad SMARTS) is 1. The Morgan fingerprint density at radius 2 is 2.18 bits per heavy atom. The molecule has 0 fully saturated rings. The lowest BCUT2D eigenvalue weighted by Gasteiger charge is -2.08. The zero-order valence-electron chi connectivity index (χ0n) is 5.78. The van der Waals surface area contributed by atoms with Crippen LogP contribution < -0.4 is 5.32 Å². The van der Waals surface area contributed by atoms with Crippen LogP contribution in [0.1, 0.15) is 0 Å². The van der Waals surface area contributed by atoms with Gasteiger partial charge < -0.3 is 15.5 Å². The highest BCUT2D eigenvalue weighted by Gasteiger charge is 2.16. The minimum atomic E-state index is -1.28. The fraction of sp³-hybridized carbons (Fsp3) is 0.333. The highest BCUT2D eigenvalue weighted by Crippen LogP contribution is 1.81. The number of aliphatic hydroxyl groups is 1. The summed E-state index contributed by atoms with van der Waals surface area (Å²) in [6.45, 7) is 2.49. The Labute approximate surface area is 63.3 Å². The van der Waals surface area contributed by atoms with Crippen molar-refractivity contribution >= 4 is 11.9 Å². The van der Waals surface area contributed by atoms with Gasteiger partial charge in [-0.3, -0.25) is 4.79 Å². The van der Waals surface area contributed by atoms with Gasteiger partial charge in [0.15, 0.2) is 6.04 Å². The number of rotatable bonds is 4. The molecule has 0 aliphatic rings. The van der Waals surface area contributed by atoms with Crippen LogP contribution in [0.2, 0.25) is 0 Å². The first-order chi connectivity index (χ1) is 5.11. The third-order valence-electron chi connectivity index (χ3n) is 0.983. The average molecular weight is 159 g/mol. The van der Waals surface area contributed by atoms with Gasteiger partial charge in [0.1, 0.15) is 0 Å². The molecule has 0 saturated heterocycles. The standard InChI is InChI=1S/C6H9NO4/c1-2-5(9)7-4(3-8)6(10)11/h2,4,8H,1,3H2,(H,7,9)(H,10,11)/t4-/m0/s1. The molecule has 0 radical (unpaired) electrons. The van der Waals surface area contributed by atoms with E-state index in [-0.39, 0.29) is 0 Å². The van der Waals surface area contributed by atoms with E-state index in [1.165, 1.54) is 0 Å². The number of aliphatic hydroxyl groups excluding tert-OH is 1. The van der Waals surface area contributed by atoms with E-state index < -0.39 is 24.5 Å². The average Bonchev–Trinajstić information content (AvgIpc) is 1.99. The molecular weight excluding hydrogens is 150 g/mol. The van der Waals surface area contributed by atoms with Gasteiger partial charge in [0, 0.05) is 0 Å². The van der Waals surface area contributed by atoms with Gasteiger partial charge in [-0.1, -0.05) is 6.58 Å². The summed E-state index contributed by atoms with van der Waals surface area (Å²) in [6, 6.07) is -1.25. The number of carbonyl (C=O) groups is 2. The van der Waals surface area contributed by atoms with Crippen molar-refractivity contribution in [2.45, 2.75) is 6.04 Å². The van der Waals surface area contributed by atoms with Crippen molar-refractivity contribution in [2.24, 2.45) is 0 Å². The Hall–Kier alpha value is -1.36. The predicted octanol–water partition coefficient (Wildman–Crippen LogP) is -1.27. The van der Waals surface area contributed by atoms with Crippen LogP contribution in [0.25, 0.3) is 0 Å².